The Morgan fingerprint density at radius 2 is 2.26 bits per heavy atom. The van der Waals surface area contributed by atoms with Gasteiger partial charge in [0.05, 0.1) is 15.9 Å². The van der Waals surface area contributed by atoms with E-state index in [2.05, 4.69) is 27.8 Å². The van der Waals surface area contributed by atoms with Crippen molar-refractivity contribution in [2.24, 2.45) is 5.73 Å². The Balaban J connectivity index is 1.76. The van der Waals surface area contributed by atoms with Crippen LogP contribution in [0.1, 0.15) is 34.1 Å². The molecule has 1 aliphatic carbocycles. The van der Waals surface area contributed by atoms with Crippen molar-refractivity contribution >= 4 is 50.2 Å². The monoisotopic (exact) mass is 363 g/mol. The first-order valence-electron chi connectivity index (χ1n) is 7.84. The first-order chi connectivity index (χ1) is 11.3. The van der Waals surface area contributed by atoms with Crippen LogP contribution >= 0.6 is 34.3 Å². The van der Waals surface area contributed by atoms with Crippen LogP contribution in [-0.2, 0) is 13.0 Å². The quantitative estimate of drug-likeness (QED) is 0.606. The SMILES string of the molecule is NCCc1sc2c(NCc3cccs3)cc(Cl)nc2c1C1CC1. The molecule has 1 fully saturated rings. The van der Waals surface area contributed by atoms with Gasteiger partial charge in [-0.05, 0) is 48.7 Å². The van der Waals surface area contributed by atoms with E-state index in [0.29, 0.717) is 17.6 Å². The van der Waals surface area contributed by atoms with Gasteiger partial charge in [0.2, 0.25) is 0 Å². The van der Waals surface area contributed by atoms with E-state index in [9.17, 15) is 0 Å². The third kappa shape index (κ3) is 3.11. The van der Waals surface area contributed by atoms with Gasteiger partial charge in [0, 0.05) is 22.4 Å². The van der Waals surface area contributed by atoms with E-state index in [0.717, 1.165) is 24.2 Å². The van der Waals surface area contributed by atoms with Gasteiger partial charge in [0.25, 0.3) is 0 Å². The van der Waals surface area contributed by atoms with Crippen molar-refractivity contribution in [3.05, 3.63) is 44.1 Å². The minimum atomic E-state index is 0.560. The number of nitrogens with zero attached hydrogens (tertiary/aromatic N) is 1. The number of aromatic nitrogens is 1. The number of fused-ring (bicyclic) bond motifs is 1. The smallest absolute Gasteiger partial charge is 0.131 e. The number of anilines is 1. The number of thiophene rings is 2. The van der Waals surface area contributed by atoms with Crippen molar-refractivity contribution in [1.82, 2.24) is 4.98 Å². The molecule has 0 atom stereocenters. The molecule has 0 amide bonds. The molecule has 23 heavy (non-hydrogen) atoms. The van der Waals surface area contributed by atoms with Crippen molar-refractivity contribution in [3.63, 3.8) is 0 Å². The first kappa shape index (κ1) is 15.4. The minimum absolute atomic E-state index is 0.560. The number of pyridine rings is 1. The number of rotatable bonds is 6. The molecule has 6 heteroatoms. The highest BCUT2D eigenvalue weighted by Gasteiger charge is 2.31. The summed E-state index contributed by atoms with van der Waals surface area (Å²) < 4.78 is 1.22. The molecule has 3 nitrogen and oxygen atoms in total. The summed E-state index contributed by atoms with van der Waals surface area (Å²) in [5, 5.41) is 6.20. The molecule has 0 aliphatic heterocycles. The molecule has 0 bridgehead atoms. The number of nitrogens with two attached hydrogens (primary N) is 1. The Labute approximate surface area is 148 Å². The molecule has 3 N–H and O–H groups in total. The largest absolute Gasteiger partial charge is 0.379 e. The van der Waals surface area contributed by atoms with Gasteiger partial charge in [0.15, 0.2) is 0 Å². The van der Waals surface area contributed by atoms with E-state index in [1.54, 1.807) is 11.3 Å². The normalized spacial score (nSPS) is 14.5. The predicted molar refractivity (Wildman–Crippen MR) is 101 cm³/mol. The second-order valence-corrected chi connectivity index (χ2v) is 8.38. The summed E-state index contributed by atoms with van der Waals surface area (Å²) in [6, 6.07) is 6.16. The molecule has 3 aromatic heterocycles. The van der Waals surface area contributed by atoms with Gasteiger partial charge in [-0.1, -0.05) is 17.7 Å². The molecular weight excluding hydrogens is 346 g/mol. The molecule has 120 valence electrons. The molecule has 0 spiro atoms. The summed E-state index contributed by atoms with van der Waals surface area (Å²) in [7, 11) is 0. The third-order valence-electron chi connectivity index (χ3n) is 4.11. The molecule has 1 aliphatic rings. The topological polar surface area (TPSA) is 50.9 Å². The van der Waals surface area contributed by atoms with Gasteiger partial charge in [0.1, 0.15) is 5.15 Å². The number of halogens is 1. The lowest BCUT2D eigenvalue weighted by Gasteiger charge is -2.07. The summed E-state index contributed by atoms with van der Waals surface area (Å²) in [5.41, 5.74) is 9.38. The zero-order valence-corrected chi connectivity index (χ0v) is 15.0. The molecule has 0 saturated heterocycles. The molecule has 1 saturated carbocycles. The van der Waals surface area contributed by atoms with E-state index in [1.807, 2.05) is 17.4 Å². The van der Waals surface area contributed by atoms with E-state index in [4.69, 9.17) is 17.3 Å². The van der Waals surface area contributed by atoms with Gasteiger partial charge < -0.3 is 11.1 Å². The maximum absolute atomic E-state index is 6.30. The predicted octanol–water partition coefficient (Wildman–Crippen LogP) is 5.00. The lowest BCUT2D eigenvalue weighted by Crippen LogP contribution is -2.02. The van der Waals surface area contributed by atoms with E-state index >= 15 is 0 Å². The average Bonchev–Trinajstić information content (AvgIpc) is 3.09. The highest BCUT2D eigenvalue weighted by atomic mass is 35.5. The Hall–Kier alpha value is -1.14. The highest BCUT2D eigenvalue weighted by molar-refractivity contribution is 7.20. The maximum atomic E-state index is 6.30. The molecule has 4 rings (SSSR count). The Morgan fingerprint density at radius 1 is 1.39 bits per heavy atom. The second kappa shape index (κ2) is 6.40. The van der Waals surface area contributed by atoms with Crippen molar-refractivity contribution in [2.75, 3.05) is 11.9 Å². The Kier molecular flexibility index (Phi) is 4.28. The molecule has 3 aromatic rings. The fourth-order valence-electron chi connectivity index (χ4n) is 2.93. The summed E-state index contributed by atoms with van der Waals surface area (Å²) in [4.78, 5) is 7.34. The van der Waals surface area contributed by atoms with Gasteiger partial charge in [-0.2, -0.15) is 0 Å². The number of hydrogen-bond donors (Lipinski definition) is 2. The summed E-state index contributed by atoms with van der Waals surface area (Å²) in [6.45, 7) is 1.49. The van der Waals surface area contributed by atoms with E-state index in [1.165, 1.54) is 32.9 Å². The fraction of sp³-hybridized carbons (Fsp3) is 0.353. The maximum Gasteiger partial charge on any atom is 0.131 e. The number of hydrogen-bond acceptors (Lipinski definition) is 5. The van der Waals surface area contributed by atoms with Crippen LogP contribution in [0, 0.1) is 0 Å². The standard InChI is InChI=1S/C17H18ClN3S2/c18-14-8-12(20-9-11-2-1-7-22-11)17-16(21-14)15(10-3-4-10)13(23-17)5-6-19/h1-2,7-8,10H,3-6,9,19H2,(H,20,21). The molecular formula is C17H18ClN3S2. The summed E-state index contributed by atoms with van der Waals surface area (Å²) in [5.74, 6) is 0.654. The van der Waals surface area contributed by atoms with Crippen molar-refractivity contribution in [2.45, 2.75) is 31.7 Å². The summed E-state index contributed by atoms with van der Waals surface area (Å²) >= 11 is 9.89. The second-order valence-electron chi connectivity index (χ2n) is 5.86. The zero-order chi connectivity index (χ0) is 15.8. The van der Waals surface area contributed by atoms with Gasteiger partial charge >= 0.3 is 0 Å². The number of nitrogens with one attached hydrogen (secondary N) is 1. The van der Waals surface area contributed by atoms with Crippen LogP contribution in [0.5, 0.6) is 0 Å². The third-order valence-corrected chi connectivity index (χ3v) is 6.47. The van der Waals surface area contributed by atoms with Crippen molar-refractivity contribution in [3.8, 4) is 0 Å². The summed E-state index contributed by atoms with van der Waals surface area (Å²) in [6.07, 6.45) is 3.44. The zero-order valence-electron chi connectivity index (χ0n) is 12.6. The van der Waals surface area contributed by atoms with Crippen molar-refractivity contribution < 1.29 is 0 Å². The van der Waals surface area contributed by atoms with Gasteiger partial charge in [-0.25, -0.2) is 4.98 Å². The fourth-order valence-corrected chi connectivity index (χ4v) is 5.11. The van der Waals surface area contributed by atoms with Crippen LogP contribution in [0.4, 0.5) is 5.69 Å². The molecule has 0 radical (unpaired) electrons. The molecule has 0 unspecified atom stereocenters. The lowest BCUT2D eigenvalue weighted by atomic mass is 10.1. The molecule has 3 heterocycles. The van der Waals surface area contributed by atoms with Crippen molar-refractivity contribution in [1.29, 1.82) is 0 Å². The van der Waals surface area contributed by atoms with Crippen LogP contribution in [0.15, 0.2) is 23.6 Å². The van der Waals surface area contributed by atoms with Crippen LogP contribution < -0.4 is 11.1 Å². The van der Waals surface area contributed by atoms with Crippen LogP contribution in [0.3, 0.4) is 0 Å². The highest BCUT2D eigenvalue weighted by Crippen LogP contribution is 2.49. The van der Waals surface area contributed by atoms with Crippen LogP contribution in [0.25, 0.3) is 10.2 Å². The Bertz CT molecular complexity index is 822. The molecule has 0 aromatic carbocycles. The first-order valence-corrected chi connectivity index (χ1v) is 9.92. The van der Waals surface area contributed by atoms with Crippen LogP contribution in [0.2, 0.25) is 5.15 Å². The lowest BCUT2D eigenvalue weighted by molar-refractivity contribution is 0.962. The van der Waals surface area contributed by atoms with Crippen LogP contribution in [-0.4, -0.2) is 11.5 Å². The van der Waals surface area contributed by atoms with Gasteiger partial charge in [-0.3, -0.25) is 0 Å². The minimum Gasteiger partial charge on any atom is -0.379 e. The van der Waals surface area contributed by atoms with Gasteiger partial charge in [-0.15, -0.1) is 22.7 Å². The Morgan fingerprint density at radius 3 is 2.96 bits per heavy atom. The average molecular weight is 364 g/mol. The van der Waals surface area contributed by atoms with E-state index < -0.39 is 0 Å². The van der Waals surface area contributed by atoms with E-state index in [-0.39, 0.29) is 0 Å².